The number of hydrogen-bond donors (Lipinski definition) is 3. The van der Waals surface area contributed by atoms with Crippen molar-refractivity contribution in [1.29, 1.82) is 5.41 Å². The van der Waals surface area contributed by atoms with E-state index in [1.807, 2.05) is 44.2 Å². The zero-order valence-electron chi connectivity index (χ0n) is 26.7. The highest BCUT2D eigenvalue weighted by Crippen LogP contribution is 2.28. The van der Waals surface area contributed by atoms with Crippen molar-refractivity contribution in [2.75, 3.05) is 24.6 Å². The molecule has 1 fully saturated rings. The fraction of sp³-hybridized carbons (Fsp3) is 0.562. The van der Waals surface area contributed by atoms with Gasteiger partial charge in [-0.1, -0.05) is 66.5 Å². The molecule has 9 heteroatoms. The molecule has 1 unspecified atom stereocenters. The Morgan fingerprint density at radius 2 is 1.90 bits per heavy atom. The monoisotopic (exact) mass is 564 g/mol. The van der Waals surface area contributed by atoms with E-state index in [2.05, 4.69) is 61.7 Å². The van der Waals surface area contributed by atoms with Crippen LogP contribution in [0.2, 0.25) is 12.6 Å². The molecular formula is C32H53BN6O2. The second kappa shape index (κ2) is 19.7. The Morgan fingerprint density at radius 3 is 2.44 bits per heavy atom. The minimum atomic E-state index is -0.0976. The summed E-state index contributed by atoms with van der Waals surface area (Å²) in [5, 5.41) is 10.5. The molecule has 2 heterocycles. The number of carbonyl (C=O) groups excluding carboxylic acids is 1. The molecule has 1 saturated heterocycles. The summed E-state index contributed by atoms with van der Waals surface area (Å²) in [4.78, 5) is 24.1. The lowest BCUT2D eigenvalue weighted by Gasteiger charge is -2.31. The third-order valence-corrected chi connectivity index (χ3v) is 7.23. The fourth-order valence-electron chi connectivity index (χ4n) is 3.77. The van der Waals surface area contributed by atoms with Gasteiger partial charge in [-0.05, 0) is 68.5 Å². The lowest BCUT2D eigenvalue weighted by Crippen LogP contribution is -2.45. The van der Waals surface area contributed by atoms with E-state index in [0.717, 1.165) is 35.9 Å². The molecule has 4 N–H and O–H groups in total. The van der Waals surface area contributed by atoms with E-state index in [-0.39, 0.29) is 19.1 Å². The van der Waals surface area contributed by atoms with Crippen molar-refractivity contribution in [1.82, 2.24) is 10.3 Å². The van der Waals surface area contributed by atoms with E-state index >= 15 is 0 Å². The maximum atomic E-state index is 12.8. The van der Waals surface area contributed by atoms with Crippen molar-refractivity contribution in [2.45, 2.75) is 87.3 Å². The Kier molecular flexibility index (Phi) is 17.1. The van der Waals surface area contributed by atoms with Crippen LogP contribution in [0.25, 0.3) is 0 Å². The molecule has 8 nitrogen and oxygen atoms in total. The average molecular weight is 565 g/mol. The summed E-state index contributed by atoms with van der Waals surface area (Å²) >= 11 is 0. The summed E-state index contributed by atoms with van der Waals surface area (Å²) < 4.78 is 6.13. The van der Waals surface area contributed by atoms with E-state index < -0.39 is 0 Å². The van der Waals surface area contributed by atoms with Gasteiger partial charge in [-0.25, -0.2) is 9.98 Å². The molecule has 1 atom stereocenters. The standard InChI is InChI=1S/C27H41BN6O2.C5H12/c1-6-10-22(32-25(30)21(5)8-3)19-36-24-11-9-14-31-26(24)34-15-12-28(13-16-34)27(35)33-23(18-29)17-20(4)7-2;1-4-5(2)3/h6,9-11,14,17-18,20,29H,7-8,12-13,15-16,19,30H2,1-5H3,(H,33,35);5H,4H2,1-3H3/b10-6-,23-17+,25-21?,29-18?,32-22+;. The number of pyridine rings is 1. The third-order valence-electron chi connectivity index (χ3n) is 7.23. The molecule has 0 aliphatic carbocycles. The molecule has 0 bridgehead atoms. The topological polar surface area (TPSA) is 117 Å². The van der Waals surface area contributed by atoms with Gasteiger partial charge in [0.15, 0.2) is 17.4 Å². The molecule has 1 aromatic heterocycles. The maximum Gasteiger partial charge on any atom is 0.255 e. The Labute approximate surface area is 249 Å². The number of nitrogens with one attached hydrogen (secondary N) is 2. The van der Waals surface area contributed by atoms with Gasteiger partial charge in [0.1, 0.15) is 12.4 Å². The van der Waals surface area contributed by atoms with Crippen molar-refractivity contribution in [3.8, 4) is 5.75 Å². The molecule has 1 amide bonds. The van der Waals surface area contributed by atoms with Crippen molar-refractivity contribution in [3.63, 3.8) is 0 Å². The highest BCUT2D eigenvalue weighted by Gasteiger charge is 2.30. The molecule has 0 radical (unpaired) electrons. The number of aromatic nitrogens is 1. The largest absolute Gasteiger partial charge is 0.483 e. The second-order valence-electron chi connectivity index (χ2n) is 10.9. The van der Waals surface area contributed by atoms with Crippen LogP contribution < -0.4 is 20.7 Å². The van der Waals surface area contributed by atoms with Gasteiger partial charge in [0, 0.05) is 25.5 Å². The van der Waals surface area contributed by atoms with E-state index in [1.54, 1.807) is 6.20 Å². The number of aliphatic imine (C=N–C) groups is 1. The van der Waals surface area contributed by atoms with Crippen LogP contribution in [0.3, 0.4) is 0 Å². The van der Waals surface area contributed by atoms with Crippen LogP contribution in [0.5, 0.6) is 5.75 Å². The normalized spacial score (nSPS) is 15.7. The highest BCUT2D eigenvalue weighted by atomic mass is 16.5. The van der Waals surface area contributed by atoms with Gasteiger partial charge in [0.05, 0.1) is 11.4 Å². The number of nitrogens with zero attached hydrogens (tertiary/aromatic N) is 3. The number of carbonyl (C=O) groups is 1. The smallest absolute Gasteiger partial charge is 0.255 e. The lowest BCUT2D eigenvalue weighted by atomic mass is 9.42. The zero-order valence-corrected chi connectivity index (χ0v) is 26.7. The van der Waals surface area contributed by atoms with Gasteiger partial charge in [0.25, 0.3) is 6.71 Å². The molecule has 1 aromatic rings. The van der Waals surface area contributed by atoms with E-state index in [0.29, 0.717) is 48.9 Å². The molecule has 1 aliphatic heterocycles. The lowest BCUT2D eigenvalue weighted by molar-refractivity contribution is 0.260. The summed E-state index contributed by atoms with van der Waals surface area (Å²) in [7, 11) is 0. The second-order valence-corrected chi connectivity index (χ2v) is 10.9. The Morgan fingerprint density at radius 1 is 1.24 bits per heavy atom. The third kappa shape index (κ3) is 13.2. The van der Waals surface area contributed by atoms with Gasteiger partial charge in [0.2, 0.25) is 0 Å². The first-order chi connectivity index (χ1) is 19.6. The van der Waals surface area contributed by atoms with Crippen LogP contribution in [0.4, 0.5) is 10.6 Å². The van der Waals surface area contributed by atoms with Crippen molar-refractivity contribution in [2.24, 2.45) is 22.6 Å². The van der Waals surface area contributed by atoms with Crippen LogP contribution in [-0.4, -0.2) is 49.1 Å². The van der Waals surface area contributed by atoms with Gasteiger partial charge in [-0.15, -0.1) is 0 Å². The highest BCUT2D eigenvalue weighted by molar-refractivity contribution is 6.90. The quantitative estimate of drug-likeness (QED) is 0.171. The van der Waals surface area contributed by atoms with Gasteiger partial charge >= 0.3 is 0 Å². The van der Waals surface area contributed by atoms with Crippen molar-refractivity contribution < 1.29 is 9.53 Å². The molecule has 0 spiro atoms. The SMILES string of the molecule is C/C=C\C(COc1cccnc1N1CCB(C(=O)N/C(C=N)=C/C(C)CC)CC1)=N/C(N)=C(C)CC.CCC(C)C. The number of nitrogens with two attached hydrogens (primary N) is 1. The predicted molar refractivity (Wildman–Crippen MR) is 177 cm³/mol. The minimum Gasteiger partial charge on any atom is -0.483 e. The van der Waals surface area contributed by atoms with Crippen LogP contribution in [0, 0.1) is 17.2 Å². The molecular weight excluding hydrogens is 511 g/mol. The first-order valence-corrected chi connectivity index (χ1v) is 15.1. The van der Waals surface area contributed by atoms with E-state index in [9.17, 15) is 4.79 Å². The van der Waals surface area contributed by atoms with Gasteiger partial charge in [-0.3, -0.25) is 4.79 Å². The summed E-state index contributed by atoms with van der Waals surface area (Å²) in [6, 6.07) is 3.75. The molecule has 41 heavy (non-hydrogen) atoms. The molecule has 226 valence electrons. The summed E-state index contributed by atoms with van der Waals surface area (Å²) in [6.45, 7) is 18.3. The van der Waals surface area contributed by atoms with E-state index in [4.69, 9.17) is 15.9 Å². The van der Waals surface area contributed by atoms with Crippen molar-refractivity contribution >= 4 is 30.3 Å². The number of amides is 1. The van der Waals surface area contributed by atoms with Crippen molar-refractivity contribution in [3.05, 3.63) is 53.6 Å². The van der Waals surface area contributed by atoms with Crippen LogP contribution in [0.15, 0.2) is 58.6 Å². The number of anilines is 1. The zero-order chi connectivity index (χ0) is 30.8. The number of ether oxygens (including phenoxy) is 1. The fourth-order valence-corrected chi connectivity index (χ4v) is 3.77. The summed E-state index contributed by atoms with van der Waals surface area (Å²) in [5.41, 5.74) is 8.46. The first-order valence-electron chi connectivity index (χ1n) is 15.1. The predicted octanol–water partition coefficient (Wildman–Crippen LogP) is 7.32. The number of hydrogen-bond acceptors (Lipinski definition) is 7. The van der Waals surface area contributed by atoms with E-state index in [1.165, 1.54) is 12.6 Å². The van der Waals surface area contributed by atoms with Gasteiger partial charge in [-0.2, -0.15) is 0 Å². The molecule has 2 rings (SSSR count). The molecule has 1 aliphatic rings. The van der Waals surface area contributed by atoms with Crippen LogP contribution >= 0.6 is 0 Å². The summed E-state index contributed by atoms with van der Waals surface area (Å²) in [5.74, 6) is 3.13. The molecule has 0 aromatic carbocycles. The number of allylic oxidation sites excluding steroid dienone is 4. The van der Waals surface area contributed by atoms with Crippen LogP contribution in [-0.2, 0) is 0 Å². The molecule has 0 saturated carbocycles. The van der Waals surface area contributed by atoms with Gasteiger partial charge < -0.3 is 26.1 Å². The summed E-state index contributed by atoms with van der Waals surface area (Å²) in [6.07, 6.45) is 13.3. The first kappa shape index (κ1) is 35.7. The Bertz CT molecular complexity index is 1070. The average Bonchev–Trinajstić information content (AvgIpc) is 2.99. The Hall–Kier alpha value is -3.36. The maximum absolute atomic E-state index is 12.8. The minimum absolute atomic E-state index is 0.0228. The van der Waals surface area contributed by atoms with Crippen LogP contribution in [0.1, 0.15) is 74.7 Å². The number of rotatable bonds is 13. The Balaban J connectivity index is 0.00000154.